The van der Waals surface area contributed by atoms with E-state index >= 15 is 0 Å². The van der Waals surface area contributed by atoms with E-state index in [-0.39, 0.29) is 11.5 Å². The van der Waals surface area contributed by atoms with Gasteiger partial charge in [-0.15, -0.1) is 0 Å². The highest BCUT2D eigenvalue weighted by Crippen LogP contribution is 2.38. The van der Waals surface area contributed by atoms with Crippen molar-refractivity contribution in [3.8, 4) is 11.3 Å². The highest BCUT2D eigenvalue weighted by molar-refractivity contribution is 5.94. The molecule has 5 nitrogen and oxygen atoms in total. The second-order valence-corrected chi connectivity index (χ2v) is 8.09. The molecule has 0 amide bonds. The Morgan fingerprint density at radius 2 is 1.73 bits per heavy atom. The van der Waals surface area contributed by atoms with Crippen molar-refractivity contribution in [1.29, 1.82) is 0 Å². The first kappa shape index (κ1) is 22.7. The molecule has 0 radical (unpaired) electrons. The number of halogens is 3. The lowest BCUT2D eigenvalue weighted by molar-refractivity contribution is -0.137. The van der Waals surface area contributed by atoms with Crippen LogP contribution in [0.5, 0.6) is 0 Å². The SMILES string of the molecule is CC(C)CN(c1ccccc1)c1nc(CO)nc2cc(-c3ncccc3C(F)(F)F)ccc12. The van der Waals surface area contributed by atoms with Crippen LogP contribution in [0.4, 0.5) is 24.7 Å². The van der Waals surface area contributed by atoms with Crippen molar-refractivity contribution in [2.24, 2.45) is 5.92 Å². The average molecular weight is 452 g/mol. The maximum atomic E-state index is 13.5. The third kappa shape index (κ3) is 4.80. The first-order valence-corrected chi connectivity index (χ1v) is 10.5. The van der Waals surface area contributed by atoms with Gasteiger partial charge in [-0.2, -0.15) is 13.2 Å². The maximum absolute atomic E-state index is 13.5. The van der Waals surface area contributed by atoms with Gasteiger partial charge in [-0.25, -0.2) is 9.97 Å². The van der Waals surface area contributed by atoms with Crippen LogP contribution in [0, 0.1) is 5.92 Å². The molecule has 2 heterocycles. The predicted molar refractivity (Wildman–Crippen MR) is 122 cm³/mol. The molecule has 0 aliphatic carbocycles. The zero-order chi connectivity index (χ0) is 23.6. The predicted octanol–water partition coefficient (Wildman–Crippen LogP) is 6.00. The topological polar surface area (TPSA) is 62.1 Å². The summed E-state index contributed by atoms with van der Waals surface area (Å²) < 4.78 is 40.6. The monoisotopic (exact) mass is 452 g/mol. The van der Waals surface area contributed by atoms with Crippen molar-refractivity contribution >= 4 is 22.4 Å². The molecule has 2 aromatic carbocycles. The fourth-order valence-electron chi connectivity index (χ4n) is 3.73. The number of para-hydroxylation sites is 1. The van der Waals surface area contributed by atoms with Crippen LogP contribution in [-0.2, 0) is 12.8 Å². The molecule has 0 bridgehead atoms. The molecule has 2 aromatic heterocycles. The van der Waals surface area contributed by atoms with Crippen LogP contribution in [0.3, 0.4) is 0 Å². The Morgan fingerprint density at radius 1 is 0.970 bits per heavy atom. The van der Waals surface area contributed by atoms with Gasteiger partial charge in [-0.1, -0.05) is 38.1 Å². The molecule has 1 N–H and O–H groups in total. The van der Waals surface area contributed by atoms with Gasteiger partial charge in [0.25, 0.3) is 0 Å². The molecule has 0 aliphatic rings. The minimum absolute atomic E-state index is 0.167. The van der Waals surface area contributed by atoms with Crippen LogP contribution in [0.15, 0.2) is 66.9 Å². The largest absolute Gasteiger partial charge is 0.418 e. The number of fused-ring (bicyclic) bond motifs is 1. The van der Waals surface area contributed by atoms with Gasteiger partial charge >= 0.3 is 6.18 Å². The van der Waals surface area contributed by atoms with Crippen molar-refractivity contribution in [2.75, 3.05) is 11.4 Å². The highest BCUT2D eigenvalue weighted by atomic mass is 19.4. The zero-order valence-electron chi connectivity index (χ0n) is 18.2. The molecule has 170 valence electrons. The summed E-state index contributed by atoms with van der Waals surface area (Å²) in [6.07, 6.45) is -3.20. The van der Waals surface area contributed by atoms with Crippen LogP contribution in [0.25, 0.3) is 22.2 Å². The lowest BCUT2D eigenvalue weighted by atomic mass is 10.0. The molecule has 0 fully saturated rings. The molecule has 0 saturated carbocycles. The standard InChI is InChI=1S/C25H23F3N4O/c1-16(2)14-32(18-7-4-3-5-8-18)24-19-11-10-17(13-21(19)30-22(15-33)31-24)23-20(25(26,27)28)9-6-12-29-23/h3-13,16,33H,14-15H2,1-2H3. The minimum Gasteiger partial charge on any atom is -0.388 e. The molecular weight excluding hydrogens is 429 g/mol. The van der Waals surface area contributed by atoms with Crippen molar-refractivity contribution in [3.05, 3.63) is 78.2 Å². The summed E-state index contributed by atoms with van der Waals surface area (Å²) in [6, 6.07) is 16.9. The number of aliphatic hydroxyl groups is 1. The van der Waals surface area contributed by atoms with E-state index in [9.17, 15) is 18.3 Å². The van der Waals surface area contributed by atoms with E-state index in [4.69, 9.17) is 0 Å². The summed E-state index contributed by atoms with van der Waals surface area (Å²) in [7, 11) is 0. The molecule has 0 aliphatic heterocycles. The van der Waals surface area contributed by atoms with Crippen LogP contribution >= 0.6 is 0 Å². The van der Waals surface area contributed by atoms with Crippen molar-refractivity contribution in [1.82, 2.24) is 15.0 Å². The smallest absolute Gasteiger partial charge is 0.388 e. The fraction of sp³-hybridized carbons (Fsp3) is 0.240. The van der Waals surface area contributed by atoms with Crippen molar-refractivity contribution in [2.45, 2.75) is 26.6 Å². The Bertz CT molecular complexity index is 1260. The number of alkyl halides is 3. The Kier molecular flexibility index (Phi) is 6.29. The Hall–Kier alpha value is -3.52. The number of nitrogens with zero attached hydrogens (tertiary/aromatic N) is 4. The van der Waals surface area contributed by atoms with Crippen LogP contribution in [0.1, 0.15) is 25.2 Å². The number of benzene rings is 2. The lowest BCUT2D eigenvalue weighted by Gasteiger charge is -2.27. The number of hydrogen-bond acceptors (Lipinski definition) is 5. The summed E-state index contributed by atoms with van der Waals surface area (Å²) in [5, 5.41) is 10.5. The molecule has 0 spiro atoms. The summed E-state index contributed by atoms with van der Waals surface area (Å²) in [4.78, 5) is 15.0. The van der Waals surface area contributed by atoms with E-state index < -0.39 is 18.3 Å². The molecular formula is C25H23F3N4O. The Morgan fingerprint density at radius 3 is 2.39 bits per heavy atom. The number of aromatic nitrogens is 3. The molecule has 8 heteroatoms. The third-order valence-electron chi connectivity index (χ3n) is 5.12. The average Bonchev–Trinajstić information content (AvgIpc) is 2.81. The molecule has 33 heavy (non-hydrogen) atoms. The van der Waals surface area contributed by atoms with Crippen molar-refractivity contribution in [3.63, 3.8) is 0 Å². The molecule has 0 unspecified atom stereocenters. The number of aliphatic hydroxyl groups excluding tert-OH is 1. The summed E-state index contributed by atoms with van der Waals surface area (Å²) in [6.45, 7) is 4.43. The summed E-state index contributed by atoms with van der Waals surface area (Å²) >= 11 is 0. The Balaban J connectivity index is 1.92. The van der Waals surface area contributed by atoms with Gasteiger partial charge in [0.2, 0.25) is 0 Å². The highest BCUT2D eigenvalue weighted by Gasteiger charge is 2.34. The van der Waals surface area contributed by atoms with E-state index in [0.29, 0.717) is 34.7 Å². The van der Waals surface area contributed by atoms with E-state index in [1.807, 2.05) is 35.2 Å². The summed E-state index contributed by atoms with van der Waals surface area (Å²) in [5.74, 6) is 1.08. The van der Waals surface area contributed by atoms with Crippen molar-refractivity contribution < 1.29 is 18.3 Å². The van der Waals surface area contributed by atoms with E-state index in [0.717, 1.165) is 11.8 Å². The number of hydrogen-bond donors (Lipinski definition) is 1. The van der Waals surface area contributed by atoms with Crippen LogP contribution in [-0.4, -0.2) is 26.6 Å². The molecule has 4 rings (SSSR count). The van der Waals surface area contributed by atoms with E-state index in [1.54, 1.807) is 18.2 Å². The first-order valence-electron chi connectivity index (χ1n) is 10.5. The number of rotatable bonds is 6. The normalized spacial score (nSPS) is 11.8. The second kappa shape index (κ2) is 9.15. The van der Waals surface area contributed by atoms with Gasteiger partial charge in [0.1, 0.15) is 12.4 Å². The van der Waals surface area contributed by atoms with Gasteiger partial charge < -0.3 is 10.0 Å². The van der Waals surface area contributed by atoms with Gasteiger partial charge in [0.05, 0.1) is 16.8 Å². The quantitative estimate of drug-likeness (QED) is 0.389. The lowest BCUT2D eigenvalue weighted by Crippen LogP contribution is -2.24. The van der Waals surface area contributed by atoms with E-state index in [1.165, 1.54) is 12.3 Å². The van der Waals surface area contributed by atoms with E-state index in [2.05, 4.69) is 28.8 Å². The van der Waals surface area contributed by atoms with Crippen LogP contribution in [0.2, 0.25) is 0 Å². The van der Waals surface area contributed by atoms with Gasteiger partial charge in [-0.3, -0.25) is 4.98 Å². The maximum Gasteiger partial charge on any atom is 0.418 e. The Labute approximate surface area is 189 Å². The molecule has 4 aromatic rings. The number of anilines is 2. The zero-order valence-corrected chi connectivity index (χ0v) is 18.2. The van der Waals surface area contributed by atoms with Gasteiger partial charge in [0.15, 0.2) is 5.82 Å². The molecule has 0 saturated heterocycles. The van der Waals surface area contributed by atoms with Crippen LogP contribution < -0.4 is 4.90 Å². The van der Waals surface area contributed by atoms with Gasteiger partial charge in [0, 0.05) is 29.4 Å². The first-order chi connectivity index (χ1) is 15.8. The molecule has 0 atom stereocenters. The summed E-state index contributed by atoms with van der Waals surface area (Å²) in [5.41, 5.74) is 0.666. The fourth-order valence-corrected chi connectivity index (χ4v) is 3.73. The third-order valence-corrected chi connectivity index (χ3v) is 5.12. The number of pyridine rings is 1. The minimum atomic E-state index is -4.53. The van der Waals surface area contributed by atoms with Gasteiger partial charge in [-0.05, 0) is 42.3 Å². The second-order valence-electron chi connectivity index (χ2n) is 8.09.